The number of nitrogens with one attached hydrogen (secondary N) is 4. The molecule has 0 spiro atoms. The zero-order chi connectivity index (χ0) is 45.8. The Labute approximate surface area is 372 Å². The number of imidazole rings is 2. The van der Waals surface area contributed by atoms with Crippen molar-refractivity contribution in [2.45, 2.75) is 122 Å². The first-order valence-electron chi connectivity index (χ1n) is 22.0. The third-order valence-electron chi connectivity index (χ3n) is 12.8. The van der Waals surface area contributed by atoms with E-state index in [1.165, 1.54) is 28.4 Å². The summed E-state index contributed by atoms with van der Waals surface area (Å²) in [6, 6.07) is 12.1. The molecular weight excluding hydrogens is 821 g/mol. The van der Waals surface area contributed by atoms with Gasteiger partial charge in [0.1, 0.15) is 36.1 Å². The van der Waals surface area contributed by atoms with Crippen molar-refractivity contribution in [3.8, 4) is 28.1 Å². The van der Waals surface area contributed by atoms with Crippen molar-refractivity contribution in [3.05, 3.63) is 65.9 Å². The van der Waals surface area contributed by atoms with Crippen LogP contribution in [0.15, 0.2) is 48.7 Å². The number of alkyl carbamates (subject to hydrolysis) is 2. The zero-order valence-corrected chi connectivity index (χ0v) is 38.1. The maximum atomic E-state index is 14.2. The van der Waals surface area contributed by atoms with Crippen LogP contribution >= 0.6 is 0 Å². The molecule has 64 heavy (non-hydrogen) atoms. The number of carbonyl (C=O) groups excluding carboxylic acids is 4. The Morgan fingerprint density at radius 2 is 1.62 bits per heavy atom. The van der Waals surface area contributed by atoms with Crippen LogP contribution in [0.5, 0.6) is 5.75 Å². The van der Waals surface area contributed by atoms with Crippen LogP contribution in [-0.2, 0) is 41.7 Å². The lowest BCUT2D eigenvalue weighted by molar-refractivity contribution is -0.140. The van der Waals surface area contributed by atoms with Gasteiger partial charge in [-0.25, -0.2) is 19.6 Å². The van der Waals surface area contributed by atoms with Crippen molar-refractivity contribution in [2.75, 3.05) is 28.4 Å². The summed E-state index contributed by atoms with van der Waals surface area (Å²) in [6.45, 7) is 10.2. The van der Waals surface area contributed by atoms with Crippen molar-refractivity contribution in [1.29, 1.82) is 0 Å². The Hall–Kier alpha value is -6.20. The van der Waals surface area contributed by atoms with E-state index in [0.717, 1.165) is 81.2 Å². The average molecular weight is 881 g/mol. The summed E-state index contributed by atoms with van der Waals surface area (Å²) in [5.74, 6) is 1.49. The van der Waals surface area contributed by atoms with Crippen LogP contribution in [0.1, 0.15) is 90.0 Å². The van der Waals surface area contributed by atoms with Gasteiger partial charge < -0.3 is 54.1 Å². The highest BCUT2D eigenvalue weighted by Gasteiger charge is 2.42. The fourth-order valence-electron chi connectivity index (χ4n) is 9.06. The van der Waals surface area contributed by atoms with E-state index in [1.807, 2.05) is 19.1 Å². The zero-order valence-electron chi connectivity index (χ0n) is 38.1. The largest absolute Gasteiger partial charge is 0.488 e. The number of aromatic amines is 2. The number of carbonyl (C=O) groups is 4. The number of nitrogens with zero attached hydrogens (tertiary/aromatic N) is 4. The summed E-state index contributed by atoms with van der Waals surface area (Å²) in [6.07, 6.45) is 3.05. The highest BCUT2D eigenvalue weighted by atomic mass is 16.5. The molecule has 4 heterocycles. The first kappa shape index (κ1) is 45.8. The summed E-state index contributed by atoms with van der Waals surface area (Å²) < 4.78 is 27.0. The van der Waals surface area contributed by atoms with Gasteiger partial charge in [-0.2, -0.15) is 0 Å². The van der Waals surface area contributed by atoms with Gasteiger partial charge >= 0.3 is 12.2 Å². The molecule has 5 aromatic rings. The molecule has 7 atom stereocenters. The number of rotatable bonds is 16. The topological polar surface area (TPSA) is 202 Å². The van der Waals surface area contributed by atoms with Crippen molar-refractivity contribution in [2.24, 2.45) is 0 Å². The Morgan fingerprint density at radius 1 is 0.906 bits per heavy atom. The first-order chi connectivity index (χ1) is 30.8. The normalized spacial score (nSPS) is 18.0. The second-order valence-electron chi connectivity index (χ2n) is 16.7. The van der Waals surface area contributed by atoms with Crippen molar-refractivity contribution in [3.63, 3.8) is 0 Å². The van der Waals surface area contributed by atoms with E-state index in [9.17, 15) is 19.2 Å². The predicted octanol–water partition coefficient (Wildman–Crippen LogP) is 7.14. The van der Waals surface area contributed by atoms with E-state index in [0.29, 0.717) is 24.7 Å². The van der Waals surface area contributed by atoms with Crippen LogP contribution in [0.3, 0.4) is 0 Å². The highest BCUT2D eigenvalue weighted by Crippen LogP contribution is 2.43. The van der Waals surface area contributed by atoms with Crippen molar-refractivity contribution >= 4 is 45.8 Å². The SMILES string of the molecule is CCC[C@H](CC)N(Cc1nc2c(ccc3cc4c(cc32)OCc2cc(-c3cnc([C@@H]5CC[C@H](C)N5C(=O)[C@@H](NC(=O)OC)[C@@H](C)OC)[nH]3)ccc2-4)[nH]1)C(=O)[C@@H](NC(=O)OC)[C@@H](C)OC. The number of aromatic nitrogens is 4. The highest BCUT2D eigenvalue weighted by molar-refractivity contribution is 6.07. The van der Waals surface area contributed by atoms with Gasteiger partial charge in [0.2, 0.25) is 11.8 Å². The Bertz CT molecular complexity index is 2500. The number of hydrogen-bond acceptors (Lipinski definition) is 11. The molecule has 17 heteroatoms. The number of methoxy groups -OCH3 is 4. The standard InChI is InChI=1S/C47H60N8O9/c1-10-12-31(11-2)54(44(56)40(26(4)60-6)52-46(58)62-8)23-39-49-35-17-15-28-20-34-32-16-14-29(19-30(32)24-64-38(34)21-33(28)42(35)51-39)36-22-48-43(50-36)37-18-13-25(3)55(37)45(57)41(27(5)61-7)53-47(59)63-9/h14-17,19-22,25-27,31,37,40-41H,10-13,18,23-24H2,1-9H3,(H,48,50)(H,49,51)(H,52,58)(H,53,59)/t25-,26+,27+,31-,37-,40-,41-/m0/s1. The van der Waals surface area contributed by atoms with Crippen molar-refractivity contribution in [1.82, 2.24) is 40.4 Å². The molecule has 3 aromatic carbocycles. The molecule has 0 bridgehead atoms. The fraction of sp³-hybridized carbons (Fsp3) is 0.489. The molecule has 0 aliphatic carbocycles. The van der Waals surface area contributed by atoms with Crippen LogP contribution in [0.2, 0.25) is 0 Å². The van der Waals surface area contributed by atoms with Crippen LogP contribution in [0, 0.1) is 0 Å². The average Bonchev–Trinajstić information content (AvgIpc) is 4.07. The van der Waals surface area contributed by atoms with Crippen LogP contribution in [0.25, 0.3) is 44.2 Å². The van der Waals surface area contributed by atoms with Gasteiger partial charge in [-0.3, -0.25) is 9.59 Å². The predicted molar refractivity (Wildman–Crippen MR) is 240 cm³/mol. The van der Waals surface area contributed by atoms with Crippen LogP contribution in [0.4, 0.5) is 9.59 Å². The molecule has 2 aromatic heterocycles. The van der Waals surface area contributed by atoms with Gasteiger partial charge in [0.25, 0.3) is 0 Å². The van der Waals surface area contributed by atoms with Gasteiger partial charge in [-0.05, 0) is 92.8 Å². The molecule has 0 unspecified atom stereocenters. The summed E-state index contributed by atoms with van der Waals surface area (Å²) in [4.78, 5) is 73.0. The minimum absolute atomic E-state index is 0.0769. The molecule has 0 saturated carbocycles. The third kappa shape index (κ3) is 9.09. The lowest BCUT2D eigenvalue weighted by atomic mass is 9.92. The number of likely N-dealkylation sites (tertiary alicyclic amines) is 1. The van der Waals surface area contributed by atoms with E-state index in [1.54, 1.807) is 29.8 Å². The van der Waals surface area contributed by atoms with Gasteiger partial charge in [-0.15, -0.1) is 0 Å². The molecule has 1 saturated heterocycles. The molecule has 342 valence electrons. The van der Waals surface area contributed by atoms with Crippen molar-refractivity contribution < 1.29 is 42.9 Å². The summed E-state index contributed by atoms with van der Waals surface area (Å²) in [7, 11) is 5.53. The summed E-state index contributed by atoms with van der Waals surface area (Å²) in [5, 5.41) is 7.23. The lowest BCUT2D eigenvalue weighted by Crippen LogP contribution is -2.56. The van der Waals surface area contributed by atoms with Gasteiger partial charge in [0, 0.05) is 37.3 Å². The number of H-pyrrole nitrogens is 2. The number of fused-ring (bicyclic) bond motifs is 6. The number of hydrogen-bond donors (Lipinski definition) is 4. The molecule has 0 radical (unpaired) electrons. The molecular formula is C47H60N8O9. The number of ether oxygens (including phenoxy) is 5. The van der Waals surface area contributed by atoms with Gasteiger partial charge in [0.15, 0.2) is 0 Å². The maximum absolute atomic E-state index is 14.2. The van der Waals surface area contributed by atoms with Crippen LogP contribution in [-0.4, -0.2) is 119 Å². The minimum Gasteiger partial charge on any atom is -0.488 e. The monoisotopic (exact) mass is 880 g/mol. The van der Waals surface area contributed by atoms with E-state index in [4.69, 9.17) is 33.7 Å². The van der Waals surface area contributed by atoms with E-state index in [-0.39, 0.29) is 36.5 Å². The minimum atomic E-state index is -0.958. The molecule has 4 N–H and O–H groups in total. The maximum Gasteiger partial charge on any atom is 0.407 e. The van der Waals surface area contributed by atoms with Gasteiger partial charge in [-0.1, -0.05) is 38.5 Å². The quantitative estimate of drug-likeness (QED) is 0.0785. The van der Waals surface area contributed by atoms with E-state index < -0.39 is 36.5 Å². The molecule has 2 aliphatic rings. The Kier molecular flexibility index (Phi) is 14.1. The molecule has 17 nitrogen and oxygen atoms in total. The molecule has 4 amide bonds. The molecule has 2 aliphatic heterocycles. The second kappa shape index (κ2) is 19.7. The third-order valence-corrected chi connectivity index (χ3v) is 12.8. The Balaban J connectivity index is 1.14. The number of amides is 4. The smallest absolute Gasteiger partial charge is 0.407 e. The molecule has 7 rings (SSSR count). The first-order valence-corrected chi connectivity index (χ1v) is 22.0. The van der Waals surface area contributed by atoms with E-state index >= 15 is 0 Å². The summed E-state index contributed by atoms with van der Waals surface area (Å²) >= 11 is 0. The molecule has 1 fully saturated rings. The van der Waals surface area contributed by atoms with E-state index in [2.05, 4.69) is 64.8 Å². The van der Waals surface area contributed by atoms with Gasteiger partial charge in [0.05, 0.1) is 61.9 Å². The summed E-state index contributed by atoms with van der Waals surface area (Å²) in [5.41, 5.74) is 6.38. The number of benzene rings is 3. The fourth-order valence-corrected chi connectivity index (χ4v) is 9.06. The Morgan fingerprint density at radius 3 is 2.31 bits per heavy atom. The second-order valence-corrected chi connectivity index (χ2v) is 16.7. The lowest BCUT2D eigenvalue weighted by Gasteiger charge is -2.35. The van der Waals surface area contributed by atoms with Crippen LogP contribution < -0.4 is 15.4 Å².